The summed E-state index contributed by atoms with van der Waals surface area (Å²) >= 11 is 0. The molecule has 0 aliphatic carbocycles. The number of guanidine groups is 1. The summed E-state index contributed by atoms with van der Waals surface area (Å²) in [5, 5.41) is 13.5. The lowest BCUT2D eigenvalue weighted by molar-refractivity contribution is 0.0529. The summed E-state index contributed by atoms with van der Waals surface area (Å²) < 4.78 is 19.9. The van der Waals surface area contributed by atoms with Gasteiger partial charge in [-0.25, -0.2) is 13.9 Å². The molecule has 2 rings (SSSR count). The number of carbonyl (C=O) groups excluding carboxylic acids is 1. The molecule has 0 radical (unpaired) electrons. The van der Waals surface area contributed by atoms with E-state index in [-0.39, 0.29) is 29.8 Å². The smallest absolute Gasteiger partial charge is 0.407 e. The van der Waals surface area contributed by atoms with Crippen molar-refractivity contribution in [3.63, 3.8) is 0 Å². The minimum Gasteiger partial charge on any atom is -0.444 e. The number of carbonyl (C=O) groups is 1. The monoisotopic (exact) mass is 532 g/mol. The Hall–Kier alpha value is -2.37. The van der Waals surface area contributed by atoms with Gasteiger partial charge in [0.25, 0.3) is 0 Å². The lowest BCUT2D eigenvalue weighted by Gasteiger charge is -2.19. The Morgan fingerprint density at radius 3 is 2.37 bits per heavy atom. The average Bonchev–Trinajstić information content (AvgIpc) is 3.11. The quantitative estimate of drug-likeness (QED) is 0.221. The first kappa shape index (κ1) is 25.7. The number of rotatable bonds is 7. The molecule has 1 aromatic carbocycles. The summed E-state index contributed by atoms with van der Waals surface area (Å²) in [7, 11) is 1.68. The number of hydrogen-bond acceptors (Lipinski definition) is 4. The third-order valence-corrected chi connectivity index (χ3v) is 3.72. The first-order chi connectivity index (χ1) is 13.8. The van der Waals surface area contributed by atoms with Gasteiger partial charge in [0.2, 0.25) is 0 Å². The first-order valence-corrected chi connectivity index (χ1v) is 9.49. The molecule has 0 aliphatic heterocycles. The number of ether oxygens (including phenoxy) is 1. The molecular formula is C20H30FIN6O2. The fraction of sp³-hybridized carbons (Fsp3) is 0.450. The van der Waals surface area contributed by atoms with Crippen LogP contribution in [0.4, 0.5) is 9.18 Å². The van der Waals surface area contributed by atoms with Crippen LogP contribution in [0, 0.1) is 5.82 Å². The van der Waals surface area contributed by atoms with Gasteiger partial charge in [0.1, 0.15) is 11.4 Å². The molecule has 30 heavy (non-hydrogen) atoms. The second-order valence-electron chi connectivity index (χ2n) is 7.33. The van der Waals surface area contributed by atoms with E-state index in [1.165, 1.54) is 12.1 Å². The van der Waals surface area contributed by atoms with Crippen molar-refractivity contribution < 1.29 is 13.9 Å². The molecule has 0 saturated heterocycles. The van der Waals surface area contributed by atoms with E-state index < -0.39 is 11.7 Å². The molecule has 0 spiro atoms. The molecule has 166 valence electrons. The van der Waals surface area contributed by atoms with Gasteiger partial charge in [-0.1, -0.05) is 0 Å². The van der Waals surface area contributed by atoms with Crippen LogP contribution in [-0.2, 0) is 11.2 Å². The second kappa shape index (κ2) is 12.4. The molecule has 0 saturated carbocycles. The van der Waals surface area contributed by atoms with Gasteiger partial charge in [-0.3, -0.25) is 4.99 Å². The van der Waals surface area contributed by atoms with Gasteiger partial charge >= 0.3 is 6.09 Å². The number of nitrogens with one attached hydrogen (secondary N) is 3. The molecule has 1 heterocycles. The molecule has 0 bridgehead atoms. The lowest BCUT2D eigenvalue weighted by Crippen LogP contribution is -2.43. The van der Waals surface area contributed by atoms with Crippen LogP contribution in [0.25, 0.3) is 5.69 Å². The Labute approximate surface area is 193 Å². The SMILES string of the molecule is CN=C(NCCNC(=O)OC(C)(C)C)NCCc1ccn(-c2ccc(F)cc2)n1.I. The van der Waals surface area contributed by atoms with E-state index >= 15 is 0 Å². The number of benzene rings is 1. The highest BCUT2D eigenvalue weighted by molar-refractivity contribution is 14.0. The maximum Gasteiger partial charge on any atom is 0.407 e. The molecular weight excluding hydrogens is 502 g/mol. The van der Waals surface area contributed by atoms with Crippen molar-refractivity contribution in [2.45, 2.75) is 32.8 Å². The van der Waals surface area contributed by atoms with Crippen LogP contribution in [0.2, 0.25) is 0 Å². The van der Waals surface area contributed by atoms with Gasteiger partial charge in [-0.05, 0) is 51.1 Å². The van der Waals surface area contributed by atoms with Crippen LogP contribution in [0.3, 0.4) is 0 Å². The Balaban J connectivity index is 0.00000450. The molecule has 10 heteroatoms. The van der Waals surface area contributed by atoms with E-state index in [0.717, 1.165) is 11.4 Å². The van der Waals surface area contributed by atoms with Gasteiger partial charge in [0.05, 0.1) is 11.4 Å². The lowest BCUT2D eigenvalue weighted by atomic mass is 10.2. The van der Waals surface area contributed by atoms with Gasteiger partial charge in [-0.15, -0.1) is 24.0 Å². The third-order valence-electron chi connectivity index (χ3n) is 3.72. The highest BCUT2D eigenvalue weighted by atomic mass is 127. The number of nitrogens with zero attached hydrogens (tertiary/aromatic N) is 3. The Kier molecular flexibility index (Phi) is 10.6. The van der Waals surface area contributed by atoms with Crippen LogP contribution < -0.4 is 16.0 Å². The number of halogens is 2. The van der Waals surface area contributed by atoms with Crippen molar-refractivity contribution in [2.24, 2.45) is 4.99 Å². The number of amides is 1. The Morgan fingerprint density at radius 2 is 1.73 bits per heavy atom. The van der Waals surface area contributed by atoms with Gasteiger partial charge in [0.15, 0.2) is 5.96 Å². The zero-order valence-corrected chi connectivity index (χ0v) is 20.1. The highest BCUT2D eigenvalue weighted by Gasteiger charge is 2.15. The largest absolute Gasteiger partial charge is 0.444 e. The number of alkyl carbamates (subject to hydrolysis) is 1. The van der Waals surface area contributed by atoms with Crippen molar-refractivity contribution in [1.82, 2.24) is 25.7 Å². The van der Waals surface area contributed by atoms with E-state index in [2.05, 4.69) is 26.0 Å². The molecule has 0 fully saturated rings. The van der Waals surface area contributed by atoms with E-state index in [4.69, 9.17) is 4.74 Å². The normalized spacial score (nSPS) is 11.4. The fourth-order valence-electron chi connectivity index (χ4n) is 2.42. The predicted octanol–water partition coefficient (Wildman–Crippen LogP) is 2.86. The number of hydrogen-bond donors (Lipinski definition) is 3. The maximum absolute atomic E-state index is 13.0. The number of aromatic nitrogens is 2. The summed E-state index contributed by atoms with van der Waals surface area (Å²) in [5.41, 5.74) is 1.20. The molecule has 0 atom stereocenters. The van der Waals surface area contributed by atoms with E-state index in [1.807, 2.05) is 33.0 Å². The number of aliphatic imine (C=N–C) groups is 1. The zero-order valence-electron chi connectivity index (χ0n) is 17.7. The van der Waals surface area contributed by atoms with E-state index in [9.17, 15) is 9.18 Å². The van der Waals surface area contributed by atoms with E-state index in [0.29, 0.717) is 32.0 Å². The molecule has 1 amide bonds. The van der Waals surface area contributed by atoms with Crippen molar-refractivity contribution in [2.75, 3.05) is 26.7 Å². The molecule has 0 unspecified atom stereocenters. The van der Waals surface area contributed by atoms with Gasteiger partial charge in [-0.2, -0.15) is 5.10 Å². The highest BCUT2D eigenvalue weighted by Crippen LogP contribution is 2.09. The third kappa shape index (κ3) is 9.42. The predicted molar refractivity (Wildman–Crippen MR) is 126 cm³/mol. The van der Waals surface area contributed by atoms with Gasteiger partial charge in [0, 0.05) is 39.3 Å². The Morgan fingerprint density at radius 1 is 1.10 bits per heavy atom. The molecule has 0 aliphatic rings. The minimum atomic E-state index is -0.515. The molecule has 8 nitrogen and oxygen atoms in total. The molecule has 3 N–H and O–H groups in total. The van der Waals surface area contributed by atoms with Crippen LogP contribution in [0.15, 0.2) is 41.5 Å². The summed E-state index contributed by atoms with van der Waals surface area (Å²) in [5.74, 6) is 0.361. The van der Waals surface area contributed by atoms with Crippen molar-refractivity contribution >= 4 is 36.0 Å². The van der Waals surface area contributed by atoms with Crippen LogP contribution in [0.5, 0.6) is 0 Å². The summed E-state index contributed by atoms with van der Waals surface area (Å²) in [6.45, 7) is 7.02. The topological polar surface area (TPSA) is 92.6 Å². The minimum absolute atomic E-state index is 0. The maximum atomic E-state index is 13.0. The summed E-state index contributed by atoms with van der Waals surface area (Å²) in [4.78, 5) is 15.7. The fourth-order valence-corrected chi connectivity index (χ4v) is 2.42. The Bertz CT molecular complexity index is 817. The standard InChI is InChI=1S/C20H29FN6O2.HI/c1-20(2,3)29-19(28)25-13-12-24-18(22-4)23-11-9-16-10-14-27(26-16)17-7-5-15(21)6-8-17;/h5-8,10,14H,9,11-13H2,1-4H3,(H,25,28)(H2,22,23,24);1H. The van der Waals surface area contributed by atoms with Crippen molar-refractivity contribution in [1.29, 1.82) is 0 Å². The second-order valence-corrected chi connectivity index (χ2v) is 7.33. The van der Waals surface area contributed by atoms with Crippen LogP contribution in [-0.4, -0.2) is 54.1 Å². The van der Waals surface area contributed by atoms with Crippen LogP contribution in [0.1, 0.15) is 26.5 Å². The zero-order chi connectivity index (χ0) is 21.3. The average molecular weight is 532 g/mol. The molecule has 2 aromatic rings. The van der Waals surface area contributed by atoms with Gasteiger partial charge < -0.3 is 20.7 Å². The van der Waals surface area contributed by atoms with Crippen molar-refractivity contribution in [3.8, 4) is 5.69 Å². The van der Waals surface area contributed by atoms with Crippen LogP contribution >= 0.6 is 24.0 Å². The van der Waals surface area contributed by atoms with E-state index in [1.54, 1.807) is 23.9 Å². The first-order valence-electron chi connectivity index (χ1n) is 9.49. The molecule has 1 aromatic heterocycles. The summed E-state index contributed by atoms with van der Waals surface area (Å²) in [6.07, 6.45) is 2.10. The van der Waals surface area contributed by atoms with Crippen molar-refractivity contribution in [3.05, 3.63) is 48.0 Å². The summed E-state index contributed by atoms with van der Waals surface area (Å²) in [6, 6.07) is 8.10.